The third kappa shape index (κ3) is 4.82. The summed E-state index contributed by atoms with van der Waals surface area (Å²) in [7, 11) is -2.91. The minimum atomic E-state index is -2.91. The molecule has 0 spiro atoms. The van der Waals surface area contributed by atoms with Gasteiger partial charge in [-0.1, -0.05) is 42.0 Å². The molecule has 0 aliphatic carbocycles. The smallest absolute Gasteiger partial charge is 0.319 e. The molecule has 3 rings (SSSR count). The molecular weight excluding hydrogens is 336 g/mol. The van der Waals surface area contributed by atoms with Gasteiger partial charge in [-0.3, -0.25) is 0 Å². The molecule has 2 aromatic carbocycles. The Morgan fingerprint density at radius 1 is 1.12 bits per heavy atom. The Morgan fingerprint density at radius 2 is 1.84 bits per heavy atom. The summed E-state index contributed by atoms with van der Waals surface area (Å²) in [5.74, 6) is 0.393. The molecule has 2 amide bonds. The highest BCUT2D eigenvalue weighted by molar-refractivity contribution is 7.91. The van der Waals surface area contributed by atoms with Gasteiger partial charge in [0, 0.05) is 12.2 Å². The molecule has 0 unspecified atom stereocenters. The summed E-state index contributed by atoms with van der Waals surface area (Å²) >= 11 is 0. The Labute approximate surface area is 148 Å². The third-order valence-corrected chi connectivity index (χ3v) is 6.19. The number of carbonyl (C=O) groups excluding carboxylic acids is 1. The van der Waals surface area contributed by atoms with Gasteiger partial charge in [-0.05, 0) is 42.5 Å². The molecule has 1 heterocycles. The average Bonchev–Trinajstić information content (AvgIpc) is 2.92. The zero-order valence-corrected chi connectivity index (χ0v) is 15.0. The van der Waals surface area contributed by atoms with E-state index in [1.165, 1.54) is 5.56 Å². The van der Waals surface area contributed by atoms with Crippen LogP contribution in [-0.4, -0.2) is 32.5 Å². The molecule has 0 radical (unpaired) electrons. The van der Waals surface area contributed by atoms with Gasteiger partial charge in [0.15, 0.2) is 9.84 Å². The van der Waals surface area contributed by atoms with Crippen molar-refractivity contribution < 1.29 is 13.2 Å². The lowest BCUT2D eigenvalue weighted by molar-refractivity contribution is 0.250. The number of nitrogens with one attached hydrogen (secondary N) is 2. The number of amides is 2. The Kier molecular flexibility index (Phi) is 5.08. The van der Waals surface area contributed by atoms with E-state index in [1.807, 2.05) is 49.4 Å². The first-order valence-electron chi connectivity index (χ1n) is 8.34. The maximum Gasteiger partial charge on any atom is 0.319 e. The summed E-state index contributed by atoms with van der Waals surface area (Å²) in [6.45, 7) is 2.42. The SMILES string of the molecule is Cc1cccc(-c2cccc(NC(=O)NC[C@H]3CCS(=O)(=O)C3)c2)c1. The number of urea groups is 1. The van der Waals surface area contributed by atoms with E-state index in [-0.39, 0.29) is 23.5 Å². The van der Waals surface area contributed by atoms with Crippen molar-refractivity contribution in [1.29, 1.82) is 0 Å². The van der Waals surface area contributed by atoms with Crippen molar-refractivity contribution in [2.75, 3.05) is 23.4 Å². The quantitative estimate of drug-likeness (QED) is 0.881. The minimum Gasteiger partial charge on any atom is -0.338 e. The van der Waals surface area contributed by atoms with Crippen LogP contribution < -0.4 is 10.6 Å². The Morgan fingerprint density at radius 3 is 2.52 bits per heavy atom. The summed E-state index contributed by atoms with van der Waals surface area (Å²) in [5.41, 5.74) is 4.01. The van der Waals surface area contributed by atoms with Crippen molar-refractivity contribution in [2.24, 2.45) is 5.92 Å². The van der Waals surface area contributed by atoms with Gasteiger partial charge in [0.25, 0.3) is 0 Å². The second kappa shape index (κ2) is 7.27. The molecular formula is C19H22N2O3S. The van der Waals surface area contributed by atoms with Crippen LogP contribution in [-0.2, 0) is 9.84 Å². The zero-order valence-electron chi connectivity index (χ0n) is 14.2. The van der Waals surface area contributed by atoms with Crippen LogP contribution in [0, 0.1) is 12.8 Å². The fourth-order valence-electron chi connectivity index (χ4n) is 3.05. The van der Waals surface area contributed by atoms with E-state index in [4.69, 9.17) is 0 Å². The van der Waals surface area contributed by atoms with Crippen LogP contribution in [0.4, 0.5) is 10.5 Å². The maximum atomic E-state index is 12.1. The topological polar surface area (TPSA) is 75.3 Å². The summed E-state index contributed by atoms with van der Waals surface area (Å²) < 4.78 is 22.9. The highest BCUT2D eigenvalue weighted by Gasteiger charge is 2.27. The molecule has 0 saturated carbocycles. The van der Waals surface area contributed by atoms with Gasteiger partial charge in [-0.15, -0.1) is 0 Å². The maximum absolute atomic E-state index is 12.1. The van der Waals surface area contributed by atoms with Crippen LogP contribution in [0.3, 0.4) is 0 Å². The molecule has 2 aromatic rings. The van der Waals surface area contributed by atoms with Gasteiger partial charge in [-0.2, -0.15) is 0 Å². The lowest BCUT2D eigenvalue weighted by Gasteiger charge is -2.12. The van der Waals surface area contributed by atoms with Crippen molar-refractivity contribution in [1.82, 2.24) is 5.32 Å². The third-order valence-electron chi connectivity index (χ3n) is 4.35. The van der Waals surface area contributed by atoms with E-state index in [9.17, 15) is 13.2 Å². The standard InChI is InChI=1S/C19H22N2O3S/c1-14-4-2-5-16(10-14)17-6-3-7-18(11-17)21-19(22)20-12-15-8-9-25(23,24)13-15/h2-7,10-11,15H,8-9,12-13H2,1H3,(H2,20,21,22)/t15-/m1/s1. The van der Waals surface area contributed by atoms with E-state index in [1.54, 1.807) is 0 Å². The molecule has 1 atom stereocenters. The van der Waals surface area contributed by atoms with E-state index < -0.39 is 9.84 Å². The molecule has 1 aliphatic heterocycles. The summed E-state index contributed by atoms with van der Waals surface area (Å²) in [6.07, 6.45) is 0.617. The second-order valence-electron chi connectivity index (χ2n) is 6.55. The van der Waals surface area contributed by atoms with Crippen LogP contribution in [0.2, 0.25) is 0 Å². The molecule has 2 N–H and O–H groups in total. The summed E-state index contributed by atoms with van der Waals surface area (Å²) in [5, 5.41) is 5.58. The number of benzene rings is 2. The molecule has 1 aliphatic rings. The lowest BCUT2D eigenvalue weighted by Crippen LogP contribution is -2.33. The van der Waals surface area contributed by atoms with Gasteiger partial charge < -0.3 is 10.6 Å². The van der Waals surface area contributed by atoms with Crippen LogP contribution in [0.25, 0.3) is 11.1 Å². The zero-order chi connectivity index (χ0) is 17.9. The van der Waals surface area contributed by atoms with E-state index >= 15 is 0 Å². The van der Waals surface area contributed by atoms with Crippen LogP contribution in [0.5, 0.6) is 0 Å². The number of carbonyl (C=O) groups is 1. The molecule has 25 heavy (non-hydrogen) atoms. The number of aryl methyl sites for hydroxylation is 1. The van der Waals surface area contributed by atoms with E-state index in [0.29, 0.717) is 18.7 Å². The first-order chi connectivity index (χ1) is 11.9. The van der Waals surface area contributed by atoms with Crippen molar-refractivity contribution in [2.45, 2.75) is 13.3 Å². The Balaban J connectivity index is 1.59. The largest absolute Gasteiger partial charge is 0.338 e. The molecule has 132 valence electrons. The van der Waals surface area contributed by atoms with Crippen molar-refractivity contribution in [3.63, 3.8) is 0 Å². The lowest BCUT2D eigenvalue weighted by atomic mass is 10.0. The first-order valence-corrected chi connectivity index (χ1v) is 10.2. The van der Waals surface area contributed by atoms with Gasteiger partial charge in [0.1, 0.15) is 0 Å². The van der Waals surface area contributed by atoms with Crippen molar-refractivity contribution in [3.8, 4) is 11.1 Å². The highest BCUT2D eigenvalue weighted by Crippen LogP contribution is 2.23. The molecule has 6 heteroatoms. The van der Waals surface area contributed by atoms with Gasteiger partial charge in [0.2, 0.25) is 0 Å². The van der Waals surface area contributed by atoms with Crippen molar-refractivity contribution >= 4 is 21.6 Å². The van der Waals surface area contributed by atoms with Gasteiger partial charge in [0.05, 0.1) is 11.5 Å². The average molecular weight is 358 g/mol. The number of rotatable bonds is 4. The number of sulfone groups is 1. The van der Waals surface area contributed by atoms with E-state index in [0.717, 1.165) is 11.1 Å². The highest BCUT2D eigenvalue weighted by atomic mass is 32.2. The predicted molar refractivity (Wildman–Crippen MR) is 100 cm³/mol. The summed E-state index contributed by atoms with van der Waals surface area (Å²) in [4.78, 5) is 12.1. The minimum absolute atomic E-state index is 0.00868. The normalized spacial score (nSPS) is 18.7. The fraction of sp³-hybridized carbons (Fsp3) is 0.316. The van der Waals surface area contributed by atoms with Crippen LogP contribution >= 0.6 is 0 Å². The van der Waals surface area contributed by atoms with Crippen molar-refractivity contribution in [3.05, 3.63) is 54.1 Å². The number of hydrogen-bond donors (Lipinski definition) is 2. The number of hydrogen-bond acceptors (Lipinski definition) is 3. The van der Waals surface area contributed by atoms with Gasteiger partial charge >= 0.3 is 6.03 Å². The Hall–Kier alpha value is -2.34. The molecule has 1 fully saturated rings. The molecule has 5 nitrogen and oxygen atoms in total. The first kappa shape index (κ1) is 17.5. The number of anilines is 1. The van der Waals surface area contributed by atoms with E-state index in [2.05, 4.69) is 16.7 Å². The van der Waals surface area contributed by atoms with Crippen LogP contribution in [0.1, 0.15) is 12.0 Å². The van der Waals surface area contributed by atoms with Crippen LogP contribution in [0.15, 0.2) is 48.5 Å². The second-order valence-corrected chi connectivity index (χ2v) is 8.78. The molecule has 1 saturated heterocycles. The van der Waals surface area contributed by atoms with Gasteiger partial charge in [-0.25, -0.2) is 13.2 Å². The monoisotopic (exact) mass is 358 g/mol. The Bertz CT molecular complexity index is 878. The predicted octanol–water partition coefficient (Wildman–Crippen LogP) is 3.22. The summed E-state index contributed by atoms with van der Waals surface area (Å²) in [6, 6.07) is 15.5. The fourth-order valence-corrected chi connectivity index (χ4v) is 4.91. The molecule has 0 aromatic heterocycles. The molecule has 0 bridgehead atoms.